The standard InChI is InChI=1S/C17H16N2O3/c1-12(14-7-8-15-16(10-14)22-11-21-15)18-19-17(20)9-13-5-3-2-4-6-13/h2-8,10H,9,11H2,1H3,(H,19,20)/b18-12+. The Hall–Kier alpha value is -2.82. The van der Waals surface area contributed by atoms with Crippen molar-refractivity contribution in [2.45, 2.75) is 13.3 Å². The third-order valence-electron chi connectivity index (χ3n) is 3.35. The van der Waals surface area contributed by atoms with Gasteiger partial charge in [0, 0.05) is 5.56 Å². The second-order valence-corrected chi connectivity index (χ2v) is 4.96. The first-order valence-electron chi connectivity index (χ1n) is 6.99. The minimum Gasteiger partial charge on any atom is -0.454 e. The minimum absolute atomic E-state index is 0.147. The lowest BCUT2D eigenvalue weighted by Gasteiger charge is -2.04. The number of benzene rings is 2. The maximum atomic E-state index is 11.9. The van der Waals surface area contributed by atoms with E-state index in [1.165, 1.54) is 0 Å². The molecule has 1 aliphatic rings. The Morgan fingerprint density at radius 3 is 2.73 bits per heavy atom. The fraction of sp³-hybridized carbons (Fsp3) is 0.176. The fourth-order valence-corrected chi connectivity index (χ4v) is 2.15. The summed E-state index contributed by atoms with van der Waals surface area (Å²) in [7, 11) is 0. The highest BCUT2D eigenvalue weighted by molar-refractivity contribution is 5.99. The van der Waals surface area contributed by atoms with Crippen molar-refractivity contribution in [1.29, 1.82) is 0 Å². The molecular formula is C17H16N2O3. The summed E-state index contributed by atoms with van der Waals surface area (Å²) in [6.45, 7) is 2.07. The van der Waals surface area contributed by atoms with E-state index in [4.69, 9.17) is 9.47 Å². The topological polar surface area (TPSA) is 59.9 Å². The van der Waals surface area contributed by atoms with Crippen LogP contribution < -0.4 is 14.9 Å². The fourth-order valence-electron chi connectivity index (χ4n) is 2.15. The molecule has 2 aromatic rings. The van der Waals surface area contributed by atoms with Gasteiger partial charge in [-0.15, -0.1) is 0 Å². The lowest BCUT2D eigenvalue weighted by molar-refractivity contribution is -0.120. The maximum absolute atomic E-state index is 11.9. The van der Waals surface area contributed by atoms with E-state index in [9.17, 15) is 4.79 Å². The summed E-state index contributed by atoms with van der Waals surface area (Å²) < 4.78 is 10.6. The van der Waals surface area contributed by atoms with Crippen molar-refractivity contribution in [2.75, 3.05) is 6.79 Å². The molecule has 0 saturated heterocycles. The van der Waals surface area contributed by atoms with Gasteiger partial charge in [0.2, 0.25) is 12.7 Å². The molecule has 22 heavy (non-hydrogen) atoms. The van der Waals surface area contributed by atoms with Gasteiger partial charge in [-0.05, 0) is 30.7 Å². The number of carbonyl (C=O) groups excluding carboxylic acids is 1. The van der Waals surface area contributed by atoms with Crippen molar-refractivity contribution in [3.63, 3.8) is 0 Å². The predicted molar refractivity (Wildman–Crippen MR) is 83.1 cm³/mol. The van der Waals surface area contributed by atoms with Crippen LogP contribution in [0.1, 0.15) is 18.1 Å². The highest BCUT2D eigenvalue weighted by atomic mass is 16.7. The number of nitrogens with one attached hydrogen (secondary N) is 1. The first-order valence-corrected chi connectivity index (χ1v) is 6.99. The zero-order valence-corrected chi connectivity index (χ0v) is 12.2. The molecule has 3 rings (SSSR count). The van der Waals surface area contributed by atoms with Crippen molar-refractivity contribution < 1.29 is 14.3 Å². The molecule has 5 heteroatoms. The number of hydrogen-bond acceptors (Lipinski definition) is 4. The van der Waals surface area contributed by atoms with Gasteiger partial charge in [0.1, 0.15) is 0 Å². The quantitative estimate of drug-likeness (QED) is 0.696. The predicted octanol–water partition coefficient (Wildman–Crippen LogP) is 2.50. The Kier molecular flexibility index (Phi) is 4.05. The van der Waals surface area contributed by atoms with Crippen LogP contribution in [-0.4, -0.2) is 18.4 Å². The van der Waals surface area contributed by atoms with Crippen LogP contribution in [0.15, 0.2) is 53.6 Å². The van der Waals surface area contributed by atoms with Gasteiger partial charge in [-0.25, -0.2) is 5.43 Å². The van der Waals surface area contributed by atoms with E-state index in [0.717, 1.165) is 16.9 Å². The minimum atomic E-state index is -0.147. The molecule has 0 unspecified atom stereocenters. The Bertz CT molecular complexity index is 711. The monoisotopic (exact) mass is 296 g/mol. The molecule has 1 heterocycles. The molecule has 1 N–H and O–H groups in total. The van der Waals surface area contributed by atoms with Gasteiger partial charge in [-0.2, -0.15) is 5.10 Å². The third kappa shape index (κ3) is 3.25. The lowest BCUT2D eigenvalue weighted by Crippen LogP contribution is -2.21. The summed E-state index contributed by atoms with van der Waals surface area (Å²) in [5.74, 6) is 1.28. The number of rotatable bonds is 4. The van der Waals surface area contributed by atoms with Gasteiger partial charge in [-0.3, -0.25) is 4.79 Å². The molecule has 0 aromatic heterocycles. The summed E-state index contributed by atoms with van der Waals surface area (Å²) in [6.07, 6.45) is 0.304. The van der Waals surface area contributed by atoms with Gasteiger partial charge < -0.3 is 9.47 Å². The molecule has 2 aromatic carbocycles. The second kappa shape index (κ2) is 6.30. The van der Waals surface area contributed by atoms with Crippen LogP contribution in [0.25, 0.3) is 0 Å². The van der Waals surface area contributed by atoms with E-state index in [-0.39, 0.29) is 12.7 Å². The molecular weight excluding hydrogens is 280 g/mol. The highest BCUT2D eigenvalue weighted by Gasteiger charge is 2.14. The van der Waals surface area contributed by atoms with Crippen LogP contribution in [0.4, 0.5) is 0 Å². The number of amides is 1. The molecule has 0 aliphatic carbocycles. The average molecular weight is 296 g/mol. The van der Waals surface area contributed by atoms with E-state index in [1.807, 2.05) is 55.5 Å². The molecule has 1 aliphatic heterocycles. The summed E-state index contributed by atoms with van der Waals surface area (Å²) in [5.41, 5.74) is 5.12. The molecule has 1 amide bonds. The van der Waals surface area contributed by atoms with E-state index >= 15 is 0 Å². The van der Waals surface area contributed by atoms with Crippen LogP contribution in [0.3, 0.4) is 0 Å². The number of ether oxygens (including phenoxy) is 2. The Morgan fingerprint density at radius 1 is 1.14 bits per heavy atom. The zero-order chi connectivity index (χ0) is 15.4. The molecule has 112 valence electrons. The molecule has 0 atom stereocenters. The molecule has 0 saturated carbocycles. The number of hydrogen-bond donors (Lipinski definition) is 1. The Labute approximate surface area is 128 Å². The Balaban J connectivity index is 1.63. The normalized spacial score (nSPS) is 13.0. The van der Waals surface area contributed by atoms with Crippen LogP contribution in [0.2, 0.25) is 0 Å². The number of fused-ring (bicyclic) bond motifs is 1. The maximum Gasteiger partial charge on any atom is 0.244 e. The van der Waals surface area contributed by atoms with Crippen LogP contribution in [-0.2, 0) is 11.2 Å². The zero-order valence-electron chi connectivity index (χ0n) is 12.2. The van der Waals surface area contributed by atoms with E-state index in [1.54, 1.807) is 0 Å². The Morgan fingerprint density at radius 2 is 1.91 bits per heavy atom. The van der Waals surface area contributed by atoms with Crippen LogP contribution >= 0.6 is 0 Å². The third-order valence-corrected chi connectivity index (χ3v) is 3.35. The van der Waals surface area contributed by atoms with Crippen LogP contribution in [0.5, 0.6) is 11.5 Å². The number of nitrogens with zero attached hydrogens (tertiary/aromatic N) is 1. The van der Waals surface area contributed by atoms with Crippen LogP contribution in [0, 0.1) is 0 Å². The number of carbonyl (C=O) groups is 1. The van der Waals surface area contributed by atoms with Crippen molar-refractivity contribution >= 4 is 11.6 Å². The molecule has 0 spiro atoms. The second-order valence-electron chi connectivity index (χ2n) is 4.96. The number of hydrazone groups is 1. The van der Waals surface area contributed by atoms with E-state index in [0.29, 0.717) is 17.9 Å². The highest BCUT2D eigenvalue weighted by Crippen LogP contribution is 2.32. The summed E-state index contributed by atoms with van der Waals surface area (Å²) >= 11 is 0. The first kappa shape index (κ1) is 14.1. The molecule has 0 fully saturated rings. The van der Waals surface area contributed by atoms with Gasteiger partial charge in [0.15, 0.2) is 11.5 Å². The van der Waals surface area contributed by atoms with Gasteiger partial charge in [-0.1, -0.05) is 30.3 Å². The lowest BCUT2D eigenvalue weighted by atomic mass is 10.1. The van der Waals surface area contributed by atoms with Crippen molar-refractivity contribution in [3.8, 4) is 11.5 Å². The average Bonchev–Trinajstić information content (AvgIpc) is 3.01. The van der Waals surface area contributed by atoms with Crippen molar-refractivity contribution in [3.05, 3.63) is 59.7 Å². The van der Waals surface area contributed by atoms with Gasteiger partial charge in [0.25, 0.3) is 0 Å². The van der Waals surface area contributed by atoms with Gasteiger partial charge >= 0.3 is 0 Å². The molecule has 0 radical (unpaired) electrons. The van der Waals surface area contributed by atoms with Crippen molar-refractivity contribution in [2.24, 2.45) is 5.10 Å². The largest absolute Gasteiger partial charge is 0.454 e. The summed E-state index contributed by atoms with van der Waals surface area (Å²) in [5, 5.41) is 4.14. The smallest absolute Gasteiger partial charge is 0.244 e. The molecule has 5 nitrogen and oxygen atoms in total. The van der Waals surface area contributed by atoms with Gasteiger partial charge in [0.05, 0.1) is 12.1 Å². The summed E-state index contributed by atoms with van der Waals surface area (Å²) in [4.78, 5) is 11.9. The first-order chi connectivity index (χ1) is 10.7. The van der Waals surface area contributed by atoms with E-state index in [2.05, 4.69) is 10.5 Å². The van der Waals surface area contributed by atoms with E-state index < -0.39 is 0 Å². The SMILES string of the molecule is C/C(=N\NC(=O)Cc1ccccc1)c1ccc2c(c1)OCO2. The van der Waals surface area contributed by atoms with Crippen molar-refractivity contribution in [1.82, 2.24) is 5.43 Å². The summed E-state index contributed by atoms with van der Waals surface area (Å²) in [6, 6.07) is 15.1. The molecule has 0 bridgehead atoms.